The number of likely N-dealkylation sites (tertiary alicyclic amines) is 3. The van der Waals surface area contributed by atoms with Crippen molar-refractivity contribution in [1.82, 2.24) is 19.6 Å². The summed E-state index contributed by atoms with van der Waals surface area (Å²) in [5, 5.41) is 0. The Kier molecular flexibility index (Phi) is 9.42. The number of hydrogen-bond acceptors (Lipinski definition) is 5. The van der Waals surface area contributed by atoms with Gasteiger partial charge in [-0.05, 0) is 61.5 Å². The van der Waals surface area contributed by atoms with Crippen LogP contribution >= 0.6 is 12.4 Å². The average Bonchev–Trinajstić information content (AvgIpc) is 3.56. The van der Waals surface area contributed by atoms with E-state index in [0.717, 1.165) is 69.8 Å². The summed E-state index contributed by atoms with van der Waals surface area (Å²) in [7, 11) is 1.67. The predicted molar refractivity (Wildman–Crippen MR) is 160 cm³/mol. The van der Waals surface area contributed by atoms with Gasteiger partial charge in [-0.15, -0.1) is 12.4 Å². The Labute approximate surface area is 250 Å². The maximum atomic E-state index is 13.6. The summed E-state index contributed by atoms with van der Waals surface area (Å²) >= 11 is 0. The van der Waals surface area contributed by atoms with Crippen LogP contribution in [0.4, 0.5) is 4.79 Å². The van der Waals surface area contributed by atoms with Gasteiger partial charge in [0.1, 0.15) is 5.75 Å². The zero-order chi connectivity index (χ0) is 27.5. The molecule has 0 saturated carbocycles. The Balaban J connectivity index is 0.00000337. The van der Waals surface area contributed by atoms with E-state index in [2.05, 4.69) is 57.2 Å². The molecular weight excluding hydrogens is 540 g/mol. The van der Waals surface area contributed by atoms with Crippen LogP contribution in [0.1, 0.15) is 36.3 Å². The number of amides is 3. The molecular formula is C32H43ClN4O4. The summed E-state index contributed by atoms with van der Waals surface area (Å²) in [6, 6.07) is 18.9. The van der Waals surface area contributed by atoms with Crippen molar-refractivity contribution in [2.45, 2.75) is 31.7 Å². The molecule has 1 unspecified atom stereocenters. The number of carbonyl (C=O) groups excluding carboxylic acids is 2. The van der Waals surface area contributed by atoms with E-state index >= 15 is 0 Å². The van der Waals surface area contributed by atoms with Gasteiger partial charge in [-0.3, -0.25) is 4.79 Å². The molecule has 0 aromatic heterocycles. The first-order valence-corrected chi connectivity index (χ1v) is 14.9. The van der Waals surface area contributed by atoms with Crippen molar-refractivity contribution in [2.24, 2.45) is 11.3 Å². The van der Waals surface area contributed by atoms with E-state index < -0.39 is 0 Å². The van der Waals surface area contributed by atoms with Gasteiger partial charge in [-0.25, -0.2) is 4.79 Å². The zero-order valence-electron chi connectivity index (χ0n) is 24.1. The van der Waals surface area contributed by atoms with Crippen LogP contribution in [0.2, 0.25) is 0 Å². The number of carbonyl (C=O) groups is 2. The second-order valence-corrected chi connectivity index (χ2v) is 12.0. The largest absolute Gasteiger partial charge is 0.497 e. The van der Waals surface area contributed by atoms with Crippen LogP contribution in [-0.4, -0.2) is 104 Å². The minimum atomic E-state index is -0.212. The van der Waals surface area contributed by atoms with E-state index in [1.165, 1.54) is 5.56 Å². The highest BCUT2D eigenvalue weighted by Crippen LogP contribution is 2.43. The van der Waals surface area contributed by atoms with Crippen LogP contribution in [0.15, 0.2) is 54.6 Å². The van der Waals surface area contributed by atoms with E-state index in [9.17, 15) is 9.59 Å². The SMILES string of the molecule is COc1ccc(CN2CCC3(CCN(C[C@H]4CN(C(=O)N5CCOCC5)CC4c4ccccc4)CC3)C2=O)cc1.Cl. The van der Waals surface area contributed by atoms with Crippen LogP contribution in [0.3, 0.4) is 0 Å². The Morgan fingerprint density at radius 1 is 0.902 bits per heavy atom. The molecule has 0 N–H and O–H groups in total. The lowest BCUT2D eigenvalue weighted by Gasteiger charge is -2.39. The summed E-state index contributed by atoms with van der Waals surface area (Å²) in [5.41, 5.74) is 2.25. The van der Waals surface area contributed by atoms with Gasteiger partial charge in [0, 0.05) is 51.7 Å². The number of methoxy groups -OCH3 is 1. The summed E-state index contributed by atoms with van der Waals surface area (Å²) in [6.07, 6.45) is 2.79. The molecule has 8 nitrogen and oxygen atoms in total. The molecule has 9 heteroatoms. The first-order chi connectivity index (χ1) is 19.5. The molecule has 1 spiro atoms. The lowest BCUT2D eigenvalue weighted by Crippen LogP contribution is -2.48. The average molecular weight is 583 g/mol. The fraction of sp³-hybridized carbons (Fsp3) is 0.562. The first-order valence-electron chi connectivity index (χ1n) is 14.9. The van der Waals surface area contributed by atoms with E-state index in [4.69, 9.17) is 9.47 Å². The second kappa shape index (κ2) is 13.0. The Morgan fingerprint density at radius 2 is 1.59 bits per heavy atom. The summed E-state index contributed by atoms with van der Waals surface area (Å²) in [6.45, 7) is 8.49. The molecule has 4 aliphatic heterocycles. The molecule has 2 atom stereocenters. The number of ether oxygens (including phenoxy) is 2. The number of benzene rings is 2. The molecule has 0 bridgehead atoms. The van der Waals surface area contributed by atoms with Crippen molar-refractivity contribution in [3.8, 4) is 5.75 Å². The van der Waals surface area contributed by atoms with Gasteiger partial charge in [0.15, 0.2) is 0 Å². The normalized spacial score (nSPS) is 24.5. The number of morpholine rings is 1. The monoisotopic (exact) mass is 582 g/mol. The fourth-order valence-electron chi connectivity index (χ4n) is 7.20. The predicted octanol–water partition coefficient (Wildman–Crippen LogP) is 4.10. The van der Waals surface area contributed by atoms with Crippen molar-refractivity contribution < 1.29 is 19.1 Å². The Bertz CT molecular complexity index is 1170. The van der Waals surface area contributed by atoms with Crippen LogP contribution < -0.4 is 4.74 Å². The molecule has 3 amide bonds. The first kappa shape index (κ1) is 29.7. The molecule has 41 heavy (non-hydrogen) atoms. The molecule has 0 radical (unpaired) electrons. The van der Waals surface area contributed by atoms with Crippen molar-refractivity contribution in [3.05, 3.63) is 65.7 Å². The summed E-state index contributed by atoms with van der Waals surface area (Å²) < 4.78 is 10.7. The fourth-order valence-corrected chi connectivity index (χ4v) is 7.20. The second-order valence-electron chi connectivity index (χ2n) is 12.0. The molecule has 4 saturated heterocycles. The van der Waals surface area contributed by atoms with Crippen LogP contribution in [-0.2, 0) is 16.1 Å². The number of nitrogens with zero attached hydrogens (tertiary/aromatic N) is 4. The third-order valence-corrected chi connectivity index (χ3v) is 9.66. The molecule has 2 aromatic carbocycles. The van der Waals surface area contributed by atoms with E-state index in [0.29, 0.717) is 50.6 Å². The molecule has 222 valence electrons. The van der Waals surface area contributed by atoms with E-state index in [1.807, 2.05) is 17.0 Å². The third-order valence-electron chi connectivity index (χ3n) is 9.66. The number of hydrogen-bond donors (Lipinski definition) is 0. The van der Waals surface area contributed by atoms with Gasteiger partial charge >= 0.3 is 6.03 Å². The van der Waals surface area contributed by atoms with E-state index in [1.54, 1.807) is 7.11 Å². The van der Waals surface area contributed by atoms with Gasteiger partial charge in [-0.1, -0.05) is 42.5 Å². The summed E-state index contributed by atoms with van der Waals surface area (Å²) in [5.74, 6) is 1.88. The Hall–Kier alpha value is -2.81. The molecule has 4 heterocycles. The maximum absolute atomic E-state index is 13.6. The number of piperidine rings is 1. The highest BCUT2D eigenvalue weighted by atomic mass is 35.5. The van der Waals surface area contributed by atoms with Crippen LogP contribution in [0.25, 0.3) is 0 Å². The number of rotatable bonds is 6. The van der Waals surface area contributed by atoms with Crippen molar-refractivity contribution in [2.75, 3.05) is 72.7 Å². The van der Waals surface area contributed by atoms with Gasteiger partial charge in [0.2, 0.25) is 5.91 Å². The molecule has 6 rings (SSSR count). The Morgan fingerprint density at radius 3 is 2.27 bits per heavy atom. The van der Waals surface area contributed by atoms with Crippen molar-refractivity contribution in [3.63, 3.8) is 0 Å². The molecule has 2 aromatic rings. The van der Waals surface area contributed by atoms with Gasteiger partial charge < -0.3 is 29.1 Å². The molecule has 4 aliphatic rings. The zero-order valence-corrected chi connectivity index (χ0v) is 24.9. The van der Waals surface area contributed by atoms with Gasteiger partial charge in [-0.2, -0.15) is 0 Å². The quantitative estimate of drug-likeness (QED) is 0.513. The highest BCUT2D eigenvalue weighted by molar-refractivity contribution is 5.85. The van der Waals surface area contributed by atoms with Crippen molar-refractivity contribution in [1.29, 1.82) is 0 Å². The van der Waals surface area contributed by atoms with Crippen molar-refractivity contribution >= 4 is 24.3 Å². The minimum Gasteiger partial charge on any atom is -0.497 e. The lowest BCUT2D eigenvalue weighted by molar-refractivity contribution is -0.139. The maximum Gasteiger partial charge on any atom is 0.320 e. The number of halogens is 1. The van der Waals surface area contributed by atoms with Crippen LogP contribution in [0, 0.1) is 11.3 Å². The standard InChI is InChI=1S/C32H42N4O4.ClH/c1-39-28-9-7-25(8-10-28)21-35-16-13-32(30(35)37)11-14-33(15-12-32)22-27-23-36(31(38)34-17-19-40-20-18-34)24-29(27)26-5-3-2-4-6-26;/h2-10,27,29H,11-24H2,1H3;1H/t27-,29?;/m0./s1. The highest BCUT2D eigenvalue weighted by Gasteiger charge is 2.48. The topological polar surface area (TPSA) is 65.6 Å². The summed E-state index contributed by atoms with van der Waals surface area (Å²) in [4.78, 5) is 35.6. The van der Waals surface area contributed by atoms with Crippen LogP contribution in [0.5, 0.6) is 5.75 Å². The van der Waals surface area contributed by atoms with E-state index in [-0.39, 0.29) is 23.9 Å². The van der Waals surface area contributed by atoms with Gasteiger partial charge in [0.05, 0.1) is 25.7 Å². The minimum absolute atomic E-state index is 0. The van der Waals surface area contributed by atoms with Gasteiger partial charge in [0.25, 0.3) is 0 Å². The molecule has 4 fully saturated rings. The molecule has 0 aliphatic carbocycles. The smallest absolute Gasteiger partial charge is 0.320 e. The lowest BCUT2D eigenvalue weighted by atomic mass is 9.76. The number of urea groups is 1. The third kappa shape index (κ3) is 6.35.